The Morgan fingerprint density at radius 3 is 2.56 bits per heavy atom. The van der Waals surface area contributed by atoms with E-state index in [9.17, 15) is 13.2 Å². The molecule has 0 radical (unpaired) electrons. The number of carbonyl (C=O) groups excluding carboxylic acids is 1. The van der Waals surface area contributed by atoms with Crippen LogP contribution in [0, 0.1) is 18.8 Å². The Morgan fingerprint density at radius 1 is 1.16 bits per heavy atom. The van der Waals surface area contributed by atoms with Crippen molar-refractivity contribution in [1.82, 2.24) is 9.62 Å². The average molecular weight is 362 g/mol. The van der Waals surface area contributed by atoms with E-state index in [1.807, 2.05) is 0 Å². The first-order valence-corrected chi connectivity index (χ1v) is 10.8. The molecule has 1 aliphatic heterocycles. The van der Waals surface area contributed by atoms with Crippen molar-refractivity contribution in [2.24, 2.45) is 11.8 Å². The summed E-state index contributed by atoms with van der Waals surface area (Å²) in [5, 5.41) is 3.15. The molecule has 3 atom stereocenters. The molecule has 1 saturated heterocycles. The molecule has 3 fully saturated rings. The molecule has 4 rings (SSSR count). The molecule has 1 amide bonds. The normalized spacial score (nSPS) is 29.2. The van der Waals surface area contributed by atoms with Crippen LogP contribution in [0.1, 0.15) is 54.4 Å². The highest BCUT2D eigenvalue weighted by atomic mass is 32.2. The fraction of sp³-hybridized carbons (Fsp3) is 0.632. The van der Waals surface area contributed by atoms with Crippen LogP contribution in [0.5, 0.6) is 0 Å². The molecule has 1 heterocycles. The Hall–Kier alpha value is -1.40. The summed E-state index contributed by atoms with van der Waals surface area (Å²) in [6.45, 7) is 2.94. The highest BCUT2D eigenvalue weighted by Gasteiger charge is 2.40. The Labute approximate surface area is 149 Å². The fourth-order valence-electron chi connectivity index (χ4n) is 4.76. The Balaban J connectivity index is 1.55. The first-order chi connectivity index (χ1) is 11.9. The standard InChI is InChI=1S/C19H26N2O3S/c1-13-4-6-16(12-18(13)25(23,24)21-8-2-3-9-21)19(22)20-17-11-14-5-7-15(17)10-14/h4,6,12,14-15,17H,2-3,5,7-11H2,1H3,(H,20,22)/t14-,15-,17-/m1/s1. The van der Waals surface area contributed by atoms with Crippen LogP contribution >= 0.6 is 0 Å². The van der Waals surface area contributed by atoms with Gasteiger partial charge in [0, 0.05) is 24.7 Å². The van der Waals surface area contributed by atoms with Crippen molar-refractivity contribution in [1.29, 1.82) is 0 Å². The van der Waals surface area contributed by atoms with E-state index in [1.54, 1.807) is 25.1 Å². The second-order valence-electron chi connectivity index (χ2n) is 7.85. The third-order valence-electron chi connectivity index (χ3n) is 6.19. The number of nitrogens with zero attached hydrogens (tertiary/aromatic N) is 1. The van der Waals surface area contributed by atoms with E-state index in [2.05, 4.69) is 5.32 Å². The fourth-order valence-corrected chi connectivity index (χ4v) is 6.53. The van der Waals surface area contributed by atoms with Crippen LogP contribution in [0.4, 0.5) is 0 Å². The van der Waals surface area contributed by atoms with Gasteiger partial charge in [-0.25, -0.2) is 8.42 Å². The van der Waals surface area contributed by atoms with Crippen molar-refractivity contribution in [3.8, 4) is 0 Å². The highest BCUT2D eigenvalue weighted by Crippen LogP contribution is 2.44. The molecule has 136 valence electrons. The molecule has 0 unspecified atom stereocenters. The van der Waals surface area contributed by atoms with Crippen molar-refractivity contribution in [2.45, 2.75) is 56.4 Å². The molecule has 2 aliphatic carbocycles. The summed E-state index contributed by atoms with van der Waals surface area (Å²) in [4.78, 5) is 12.9. The zero-order valence-corrected chi connectivity index (χ0v) is 15.5. The van der Waals surface area contributed by atoms with Crippen LogP contribution in [0.15, 0.2) is 23.1 Å². The lowest BCUT2D eigenvalue weighted by Gasteiger charge is -2.23. The van der Waals surface area contributed by atoms with Crippen molar-refractivity contribution in [3.05, 3.63) is 29.3 Å². The van der Waals surface area contributed by atoms with Gasteiger partial charge in [0.25, 0.3) is 5.91 Å². The molecular formula is C19H26N2O3S. The predicted molar refractivity (Wildman–Crippen MR) is 95.9 cm³/mol. The highest BCUT2D eigenvalue weighted by molar-refractivity contribution is 7.89. The largest absolute Gasteiger partial charge is 0.349 e. The number of sulfonamides is 1. The molecule has 5 nitrogen and oxygen atoms in total. The van der Waals surface area contributed by atoms with Crippen molar-refractivity contribution in [2.75, 3.05) is 13.1 Å². The van der Waals surface area contributed by atoms with E-state index < -0.39 is 10.0 Å². The molecule has 0 aromatic heterocycles. The zero-order valence-electron chi connectivity index (χ0n) is 14.7. The Kier molecular flexibility index (Phi) is 4.36. The van der Waals surface area contributed by atoms with E-state index >= 15 is 0 Å². The lowest BCUT2D eigenvalue weighted by atomic mass is 9.95. The Bertz CT molecular complexity index is 784. The number of hydrogen-bond acceptors (Lipinski definition) is 3. The average Bonchev–Trinajstić information content (AvgIpc) is 3.33. The van der Waals surface area contributed by atoms with Crippen molar-refractivity contribution in [3.63, 3.8) is 0 Å². The number of hydrogen-bond donors (Lipinski definition) is 1. The smallest absolute Gasteiger partial charge is 0.251 e. The summed E-state index contributed by atoms with van der Waals surface area (Å²) in [7, 11) is -3.51. The predicted octanol–water partition coefficient (Wildman–Crippen LogP) is 2.70. The summed E-state index contributed by atoms with van der Waals surface area (Å²) < 4.78 is 27.3. The van der Waals surface area contributed by atoms with Gasteiger partial charge in [0.1, 0.15) is 0 Å². The minimum Gasteiger partial charge on any atom is -0.349 e. The summed E-state index contributed by atoms with van der Waals surface area (Å²) in [5.74, 6) is 1.22. The SMILES string of the molecule is Cc1ccc(C(=O)N[C@@H]2C[C@@H]3CC[C@@H]2C3)cc1S(=O)(=O)N1CCCC1. The first-order valence-electron chi connectivity index (χ1n) is 9.37. The maximum Gasteiger partial charge on any atom is 0.251 e. The van der Waals surface area contributed by atoms with E-state index in [-0.39, 0.29) is 16.8 Å². The number of aryl methyl sites for hydroxylation is 1. The van der Waals surface area contributed by atoms with Gasteiger partial charge in [-0.3, -0.25) is 4.79 Å². The third-order valence-corrected chi connectivity index (χ3v) is 8.23. The van der Waals surface area contributed by atoms with Gasteiger partial charge in [-0.2, -0.15) is 4.31 Å². The zero-order chi connectivity index (χ0) is 17.6. The van der Waals surface area contributed by atoms with E-state index in [0.29, 0.717) is 30.1 Å². The van der Waals surface area contributed by atoms with Gasteiger partial charge in [-0.05, 0) is 68.6 Å². The van der Waals surface area contributed by atoms with Crippen molar-refractivity contribution < 1.29 is 13.2 Å². The maximum atomic E-state index is 12.9. The van der Waals surface area contributed by atoms with Gasteiger partial charge in [0.15, 0.2) is 0 Å². The number of nitrogens with one attached hydrogen (secondary N) is 1. The number of carbonyl (C=O) groups is 1. The van der Waals surface area contributed by atoms with Gasteiger partial charge in [0.05, 0.1) is 4.90 Å². The molecule has 1 aromatic rings. The molecule has 25 heavy (non-hydrogen) atoms. The van der Waals surface area contributed by atoms with Crippen LogP contribution in [-0.2, 0) is 10.0 Å². The molecule has 1 N–H and O–H groups in total. The number of fused-ring (bicyclic) bond motifs is 2. The molecule has 3 aliphatic rings. The summed E-state index contributed by atoms with van der Waals surface area (Å²) in [6.07, 6.45) is 6.61. The van der Waals surface area contributed by atoms with E-state index in [1.165, 1.54) is 23.6 Å². The molecule has 2 bridgehead atoms. The van der Waals surface area contributed by atoms with Crippen LogP contribution in [0.2, 0.25) is 0 Å². The van der Waals surface area contributed by atoms with E-state index in [0.717, 1.165) is 25.2 Å². The number of amides is 1. The first kappa shape index (κ1) is 17.0. The van der Waals surface area contributed by atoms with Crippen LogP contribution in [0.25, 0.3) is 0 Å². The Morgan fingerprint density at radius 2 is 1.92 bits per heavy atom. The molecular weight excluding hydrogens is 336 g/mol. The monoisotopic (exact) mass is 362 g/mol. The van der Waals surface area contributed by atoms with Crippen LogP contribution < -0.4 is 5.32 Å². The lowest BCUT2D eigenvalue weighted by Crippen LogP contribution is -2.38. The topological polar surface area (TPSA) is 66.5 Å². The summed E-state index contributed by atoms with van der Waals surface area (Å²) in [5.41, 5.74) is 1.15. The van der Waals surface area contributed by atoms with Gasteiger partial charge < -0.3 is 5.32 Å². The molecule has 0 spiro atoms. The van der Waals surface area contributed by atoms with Gasteiger partial charge in [-0.15, -0.1) is 0 Å². The van der Waals surface area contributed by atoms with Gasteiger partial charge in [0.2, 0.25) is 10.0 Å². The van der Waals surface area contributed by atoms with Crippen molar-refractivity contribution >= 4 is 15.9 Å². The van der Waals surface area contributed by atoms with Gasteiger partial charge in [-0.1, -0.05) is 12.5 Å². The third kappa shape index (κ3) is 3.10. The minimum absolute atomic E-state index is 0.143. The quantitative estimate of drug-likeness (QED) is 0.895. The molecule has 2 saturated carbocycles. The van der Waals surface area contributed by atoms with Crippen LogP contribution in [-0.4, -0.2) is 37.8 Å². The minimum atomic E-state index is -3.51. The van der Waals surface area contributed by atoms with Gasteiger partial charge >= 0.3 is 0 Å². The summed E-state index contributed by atoms with van der Waals surface area (Å²) >= 11 is 0. The molecule has 6 heteroatoms. The number of rotatable bonds is 4. The maximum absolute atomic E-state index is 12.9. The second-order valence-corrected chi connectivity index (χ2v) is 9.75. The second kappa shape index (κ2) is 6.40. The van der Waals surface area contributed by atoms with E-state index in [4.69, 9.17) is 0 Å². The van der Waals surface area contributed by atoms with Crippen LogP contribution in [0.3, 0.4) is 0 Å². The molecule has 1 aromatic carbocycles. The lowest BCUT2D eigenvalue weighted by molar-refractivity contribution is 0.0922. The summed E-state index contributed by atoms with van der Waals surface area (Å²) in [6, 6.07) is 5.30. The number of benzene rings is 1.